The van der Waals surface area contributed by atoms with Gasteiger partial charge < -0.3 is 0 Å². The van der Waals surface area contributed by atoms with Crippen LogP contribution in [0.15, 0.2) is 59.3 Å². The van der Waals surface area contributed by atoms with Crippen LogP contribution in [0.25, 0.3) is 32.5 Å². The first-order valence-corrected chi connectivity index (χ1v) is 36.3. The third-order valence-electron chi connectivity index (χ3n) is 10.7. The molecule has 2 nitrogen and oxygen atoms in total. The molecule has 0 aliphatic rings. The van der Waals surface area contributed by atoms with Gasteiger partial charge in [0.2, 0.25) is 0 Å². The van der Waals surface area contributed by atoms with Crippen molar-refractivity contribution in [1.82, 2.24) is 9.97 Å². The molecule has 0 fully saturated rings. The maximum atomic E-state index is 5.54. The van der Waals surface area contributed by atoms with Crippen LogP contribution in [0.5, 0.6) is 0 Å². The molecule has 48 heavy (non-hydrogen) atoms. The molecule has 0 atom stereocenters. The van der Waals surface area contributed by atoms with Gasteiger partial charge >= 0.3 is 314 Å². The average molecular weight is 899 g/mol. The molecule has 0 saturated carbocycles. The van der Waals surface area contributed by atoms with E-state index in [0.717, 1.165) is 11.4 Å². The Bertz CT molecular complexity index is 1310. The van der Waals surface area contributed by atoms with Crippen LogP contribution in [0.1, 0.15) is 119 Å². The van der Waals surface area contributed by atoms with E-state index in [2.05, 4.69) is 101 Å². The predicted octanol–water partition coefficient (Wildman–Crippen LogP) is 13.7. The van der Waals surface area contributed by atoms with Crippen LogP contribution >= 0.6 is 22.7 Å². The molecule has 0 N–H and O–H groups in total. The van der Waals surface area contributed by atoms with Gasteiger partial charge in [-0.1, -0.05) is 0 Å². The van der Waals surface area contributed by atoms with Gasteiger partial charge in [0.05, 0.1) is 0 Å². The average Bonchev–Trinajstić information content (AvgIpc) is 3.87. The van der Waals surface area contributed by atoms with Gasteiger partial charge in [-0.05, 0) is 0 Å². The summed E-state index contributed by atoms with van der Waals surface area (Å²) in [5.74, 6) is 0. The monoisotopic (exact) mass is 900 g/mol. The van der Waals surface area contributed by atoms with Gasteiger partial charge in [0.15, 0.2) is 0 Å². The van der Waals surface area contributed by atoms with Gasteiger partial charge in [-0.3, -0.25) is 0 Å². The molecule has 4 heterocycles. The SMILES string of the molecule is CCC[CH2][Sn]([CH2]CCC)([CH2]CCC)[c]1cc(-c2c[c]([Sn]([CH2]CCC)([CH2]CCC)[CH2]CCC)cc(-c3cccs3)n2)nc(-c2cccs2)c1. The molecule has 4 aromatic rings. The van der Waals surface area contributed by atoms with Crippen LogP contribution in [0, 0.1) is 0 Å². The topological polar surface area (TPSA) is 25.8 Å². The van der Waals surface area contributed by atoms with Gasteiger partial charge in [0.25, 0.3) is 0 Å². The van der Waals surface area contributed by atoms with E-state index in [4.69, 9.17) is 9.97 Å². The van der Waals surface area contributed by atoms with E-state index in [-0.39, 0.29) is 0 Å². The molecule has 0 amide bonds. The Balaban J connectivity index is 2.01. The number of hydrogen-bond acceptors (Lipinski definition) is 4. The van der Waals surface area contributed by atoms with Gasteiger partial charge in [0, 0.05) is 0 Å². The van der Waals surface area contributed by atoms with Gasteiger partial charge in [-0.25, -0.2) is 0 Å². The number of thiophene rings is 2. The van der Waals surface area contributed by atoms with Gasteiger partial charge in [-0.2, -0.15) is 0 Å². The maximum absolute atomic E-state index is 5.54. The zero-order valence-corrected chi connectivity index (χ0v) is 38.6. The van der Waals surface area contributed by atoms with E-state index in [1.54, 1.807) is 7.16 Å². The summed E-state index contributed by atoms with van der Waals surface area (Å²) in [5.41, 5.74) is 4.65. The zero-order valence-electron chi connectivity index (χ0n) is 31.2. The summed E-state index contributed by atoms with van der Waals surface area (Å²) in [6, 6.07) is 19.3. The third kappa shape index (κ3) is 10.7. The summed E-state index contributed by atoms with van der Waals surface area (Å²) >= 11 is -1.83. The summed E-state index contributed by atoms with van der Waals surface area (Å²) in [6.45, 7) is 14.3. The number of pyridine rings is 2. The molecule has 0 radical (unpaired) electrons. The van der Waals surface area contributed by atoms with Crippen molar-refractivity contribution < 1.29 is 0 Å². The van der Waals surface area contributed by atoms with Crippen LogP contribution in [-0.4, -0.2) is 46.7 Å². The Labute approximate surface area is 310 Å². The second-order valence-corrected chi connectivity index (χ2v) is 42.8. The van der Waals surface area contributed by atoms with Gasteiger partial charge in [0.1, 0.15) is 0 Å². The molecule has 0 unspecified atom stereocenters. The molecular weight excluding hydrogens is 834 g/mol. The second-order valence-electron chi connectivity index (χ2n) is 14.4. The fraction of sp³-hybridized carbons (Fsp3) is 0.571. The van der Waals surface area contributed by atoms with Crippen LogP contribution in [0.3, 0.4) is 0 Å². The minimum atomic E-state index is -2.76. The normalized spacial score (nSPS) is 12.2. The van der Waals surface area contributed by atoms with Crippen molar-refractivity contribution in [2.75, 3.05) is 0 Å². The summed E-state index contributed by atoms with van der Waals surface area (Å²) in [5, 5.41) is 4.44. The molecular formula is C42H64N2S2Sn2. The summed E-state index contributed by atoms with van der Waals surface area (Å²) in [6.07, 6.45) is 16.0. The van der Waals surface area contributed by atoms with E-state index in [1.807, 2.05) is 22.7 Å². The molecule has 6 heteroatoms. The Morgan fingerprint density at radius 2 is 0.729 bits per heavy atom. The minimum absolute atomic E-state index is 1.14. The van der Waals surface area contributed by atoms with Crippen molar-refractivity contribution in [3.8, 4) is 32.5 Å². The van der Waals surface area contributed by atoms with Crippen LogP contribution in [-0.2, 0) is 0 Å². The summed E-state index contributed by atoms with van der Waals surface area (Å²) in [4.78, 5) is 13.7. The molecule has 0 saturated heterocycles. The molecule has 0 spiro atoms. The first-order valence-electron chi connectivity index (χ1n) is 19.6. The molecule has 0 aromatic carbocycles. The van der Waals surface area contributed by atoms with Crippen LogP contribution in [0.4, 0.5) is 0 Å². The molecule has 0 aliphatic carbocycles. The number of nitrogens with zero attached hydrogens (tertiary/aromatic N) is 2. The van der Waals surface area contributed by atoms with E-state index < -0.39 is 36.8 Å². The van der Waals surface area contributed by atoms with E-state index >= 15 is 0 Å². The quantitative estimate of drug-likeness (QED) is 0.0693. The molecule has 4 aromatic heterocycles. The van der Waals surface area contributed by atoms with Gasteiger partial charge in [-0.15, -0.1) is 0 Å². The standard InChI is InChI=1S/C18H10N2S2.6C4H9.2Sn/c1-5-13(19-15(7-1)17-9-3-11-21-17)14-6-2-8-16(20-14)18-10-4-12-22-18;6*1-3-4-2;;/h3-12H;6*1,3-4H2,2H3;;. The predicted molar refractivity (Wildman–Crippen MR) is 223 cm³/mol. The summed E-state index contributed by atoms with van der Waals surface area (Å²) in [7, 11) is 0. The van der Waals surface area contributed by atoms with E-state index in [9.17, 15) is 0 Å². The molecule has 4 rings (SSSR count). The van der Waals surface area contributed by atoms with Crippen molar-refractivity contribution in [3.63, 3.8) is 0 Å². The number of aromatic nitrogens is 2. The van der Waals surface area contributed by atoms with Crippen molar-refractivity contribution in [2.45, 2.75) is 145 Å². The number of rotatable bonds is 23. The Morgan fingerprint density at radius 1 is 0.438 bits per heavy atom. The van der Waals surface area contributed by atoms with E-state index in [1.165, 1.54) is 125 Å². The van der Waals surface area contributed by atoms with Crippen molar-refractivity contribution in [2.24, 2.45) is 0 Å². The van der Waals surface area contributed by atoms with Crippen molar-refractivity contribution >= 4 is 66.6 Å². The fourth-order valence-corrected chi connectivity index (χ4v) is 41.0. The Kier molecular flexibility index (Phi) is 17.5. The van der Waals surface area contributed by atoms with Crippen molar-refractivity contribution in [1.29, 1.82) is 0 Å². The van der Waals surface area contributed by atoms with Crippen LogP contribution < -0.4 is 7.16 Å². The first kappa shape index (κ1) is 40.1. The number of unbranched alkanes of at least 4 members (excludes halogenated alkanes) is 6. The van der Waals surface area contributed by atoms with E-state index in [0.29, 0.717) is 0 Å². The first-order chi connectivity index (χ1) is 23.5. The second kappa shape index (κ2) is 21.0. The Morgan fingerprint density at radius 3 is 0.979 bits per heavy atom. The van der Waals surface area contributed by atoms with Crippen LogP contribution in [0.2, 0.25) is 26.6 Å². The molecule has 0 bridgehead atoms. The summed E-state index contributed by atoms with van der Waals surface area (Å²) < 4.78 is 12.3. The Hall–Kier alpha value is -0.703. The third-order valence-corrected chi connectivity index (χ3v) is 43.6. The zero-order chi connectivity index (χ0) is 34.2. The molecule has 262 valence electrons. The fourth-order valence-electron chi connectivity index (χ4n) is 7.74. The van der Waals surface area contributed by atoms with Crippen molar-refractivity contribution in [3.05, 3.63) is 59.3 Å². The molecule has 0 aliphatic heterocycles. The number of hydrogen-bond donors (Lipinski definition) is 0.